The molecule has 3 aliphatic rings. The number of aromatic nitrogens is 2. The summed E-state index contributed by atoms with van der Waals surface area (Å²) in [4.78, 5) is 78.8. The van der Waals surface area contributed by atoms with Crippen molar-refractivity contribution in [2.75, 3.05) is 61.9 Å². The zero-order valence-electron chi connectivity index (χ0n) is 34.0. The van der Waals surface area contributed by atoms with Crippen LogP contribution in [0.3, 0.4) is 0 Å². The fourth-order valence-electron chi connectivity index (χ4n) is 7.77. The number of methoxy groups -OCH3 is 1. The highest BCUT2D eigenvalue weighted by Crippen LogP contribution is 2.37. The van der Waals surface area contributed by atoms with E-state index in [1.165, 1.54) is 17.1 Å². The second-order valence-electron chi connectivity index (χ2n) is 15.1. The number of hydrogen-bond donors (Lipinski definition) is 3. The summed E-state index contributed by atoms with van der Waals surface area (Å²) in [7, 11) is 3.17. The van der Waals surface area contributed by atoms with E-state index in [2.05, 4.69) is 50.2 Å². The van der Waals surface area contributed by atoms with Gasteiger partial charge in [-0.2, -0.15) is 4.98 Å². The molecular weight excluding hydrogens is 823 g/mol. The van der Waals surface area contributed by atoms with Gasteiger partial charge in [0.15, 0.2) is 5.82 Å². The van der Waals surface area contributed by atoms with Crippen LogP contribution in [-0.2, 0) is 14.4 Å². The van der Waals surface area contributed by atoms with E-state index in [4.69, 9.17) is 16.3 Å². The number of fused-ring (bicyclic) bond motifs is 1. The van der Waals surface area contributed by atoms with Crippen molar-refractivity contribution in [1.82, 2.24) is 25.1 Å². The number of carbonyl (C=O) groups excluding carboxylic acids is 5. The number of hydrogen-bond acceptors (Lipinski definition) is 12. The normalized spacial score (nSPS) is 16.9. The average molecular weight is 871 g/mol. The number of imide groups is 2. The van der Waals surface area contributed by atoms with Crippen LogP contribution in [0, 0.1) is 0 Å². The highest BCUT2D eigenvalue weighted by molar-refractivity contribution is 7.99. The molecule has 3 N–H and O–H groups in total. The number of thioether (sulfide) groups is 1. The minimum absolute atomic E-state index is 0.0698. The van der Waals surface area contributed by atoms with E-state index in [9.17, 15) is 24.0 Å². The Bertz CT molecular complexity index is 2310. The van der Waals surface area contributed by atoms with Gasteiger partial charge < -0.3 is 25.2 Å². The van der Waals surface area contributed by atoms with Crippen LogP contribution in [0.1, 0.15) is 65.7 Å². The SMILES string of the molecule is COc1cc(N2CCC(N(C)C(=O)CCCCSc3cccc4c3C(=O)N(C3CCC(=O)NC3=O)C4=O)CC2)ccc1Nc1ncc(Cl)c(Nc2ccccc2P(C)C)n1. The second kappa shape index (κ2) is 19.0. The molecule has 1 atom stereocenters. The topological polar surface area (TPSA) is 166 Å². The molecule has 3 aliphatic heterocycles. The number of unbranched alkanes of at least 4 members (excludes halogenated alkanes) is 1. The minimum Gasteiger partial charge on any atom is -0.494 e. The number of nitrogens with one attached hydrogen (secondary N) is 3. The van der Waals surface area contributed by atoms with Gasteiger partial charge in [-0.1, -0.05) is 43.8 Å². The molecule has 314 valence electrons. The lowest BCUT2D eigenvalue weighted by Gasteiger charge is -2.38. The van der Waals surface area contributed by atoms with Crippen molar-refractivity contribution in [3.05, 3.63) is 83.0 Å². The van der Waals surface area contributed by atoms with Gasteiger partial charge in [0.2, 0.25) is 23.7 Å². The van der Waals surface area contributed by atoms with Gasteiger partial charge in [0, 0.05) is 61.4 Å². The molecule has 0 spiro atoms. The lowest BCUT2D eigenvalue weighted by molar-refractivity contribution is -0.136. The van der Waals surface area contributed by atoms with Crippen LogP contribution in [0.2, 0.25) is 5.02 Å². The zero-order chi connectivity index (χ0) is 42.5. The molecule has 1 aromatic heterocycles. The Labute approximate surface area is 359 Å². The number of ether oxygens (including phenoxy) is 1. The van der Waals surface area contributed by atoms with Gasteiger partial charge in [0.25, 0.3) is 11.8 Å². The van der Waals surface area contributed by atoms with E-state index in [0.717, 1.165) is 48.6 Å². The number of benzene rings is 3. The molecule has 2 saturated heterocycles. The summed E-state index contributed by atoms with van der Waals surface area (Å²) >= 11 is 7.96. The van der Waals surface area contributed by atoms with Crippen molar-refractivity contribution in [3.8, 4) is 5.75 Å². The van der Waals surface area contributed by atoms with Crippen LogP contribution in [0.15, 0.2) is 71.8 Å². The predicted molar refractivity (Wildman–Crippen MR) is 237 cm³/mol. The summed E-state index contributed by atoms with van der Waals surface area (Å²) < 4.78 is 5.78. The number of rotatable bonds is 15. The third kappa shape index (κ3) is 9.38. The average Bonchev–Trinajstić information content (AvgIpc) is 3.50. The van der Waals surface area contributed by atoms with Crippen LogP contribution in [0.5, 0.6) is 5.75 Å². The number of carbonyl (C=O) groups is 5. The maximum absolute atomic E-state index is 13.4. The van der Waals surface area contributed by atoms with E-state index in [1.54, 1.807) is 31.5 Å². The van der Waals surface area contributed by atoms with Gasteiger partial charge in [-0.05, 0) is 86.8 Å². The molecule has 0 radical (unpaired) electrons. The molecule has 4 aromatic rings. The van der Waals surface area contributed by atoms with Crippen LogP contribution in [0.25, 0.3) is 0 Å². The number of anilines is 5. The van der Waals surface area contributed by atoms with Crippen molar-refractivity contribution >= 4 is 95.0 Å². The Morgan fingerprint density at radius 3 is 2.52 bits per heavy atom. The summed E-state index contributed by atoms with van der Waals surface area (Å²) in [5, 5.41) is 10.5. The molecule has 5 amide bonds. The molecule has 1 unspecified atom stereocenters. The molecule has 17 heteroatoms. The maximum atomic E-state index is 13.4. The van der Waals surface area contributed by atoms with Gasteiger partial charge in [0.1, 0.15) is 16.8 Å². The molecule has 0 saturated carbocycles. The third-order valence-electron chi connectivity index (χ3n) is 11.1. The van der Waals surface area contributed by atoms with Crippen molar-refractivity contribution in [3.63, 3.8) is 0 Å². The van der Waals surface area contributed by atoms with Gasteiger partial charge in [-0.15, -0.1) is 11.8 Å². The van der Waals surface area contributed by atoms with Crippen LogP contribution < -0.4 is 30.9 Å². The van der Waals surface area contributed by atoms with Gasteiger partial charge >= 0.3 is 0 Å². The molecule has 7 rings (SSSR count). The summed E-state index contributed by atoms with van der Waals surface area (Å²) in [6.45, 7) is 5.97. The Morgan fingerprint density at radius 2 is 1.77 bits per heavy atom. The number of piperidine rings is 2. The van der Waals surface area contributed by atoms with E-state index >= 15 is 0 Å². The summed E-state index contributed by atoms with van der Waals surface area (Å²) in [5.41, 5.74) is 3.26. The largest absolute Gasteiger partial charge is 0.494 e. The number of para-hydroxylation sites is 1. The van der Waals surface area contributed by atoms with Crippen LogP contribution in [-0.4, -0.2) is 108 Å². The molecule has 0 bridgehead atoms. The number of nitrogens with zero attached hydrogens (tertiary/aromatic N) is 5. The Morgan fingerprint density at radius 1 is 0.983 bits per heavy atom. The van der Waals surface area contributed by atoms with E-state index < -0.39 is 29.7 Å². The Balaban J connectivity index is 0.872. The molecule has 14 nitrogen and oxygen atoms in total. The summed E-state index contributed by atoms with van der Waals surface area (Å²) in [6, 6.07) is 18.4. The standard InChI is InChI=1S/C43H48ClN8O6PS/c1-50(37(54)14-7-8-23-60-35-13-9-10-28-38(35)42(57)52(41(28)56)32-17-18-36(53)48-40(32)55)26-19-21-51(22-20-26)27-15-16-30(33(24-27)58-2)47-43-45-25-29(44)39(49-43)46-31-11-5-6-12-34(31)59(3)4/h5-6,9-13,15-16,24-26,32H,7-8,14,17-23H2,1-4H3,(H,48,53,55)(H2,45,46,47,49). The fourth-order valence-corrected chi connectivity index (χ4v) is 9.99. The van der Waals surface area contributed by atoms with E-state index in [-0.39, 0.29) is 38.3 Å². The van der Waals surface area contributed by atoms with Crippen molar-refractivity contribution in [2.45, 2.75) is 61.9 Å². The Kier molecular flexibility index (Phi) is 13.6. The molecule has 4 heterocycles. The van der Waals surface area contributed by atoms with Crippen molar-refractivity contribution < 1.29 is 28.7 Å². The lowest BCUT2D eigenvalue weighted by Crippen LogP contribution is -2.54. The first-order valence-corrected chi connectivity index (χ1v) is 23.5. The maximum Gasteiger partial charge on any atom is 0.263 e. The zero-order valence-corrected chi connectivity index (χ0v) is 36.5. The first-order chi connectivity index (χ1) is 28.9. The molecule has 3 aromatic carbocycles. The molecular formula is C43H48ClN8O6PS. The Hall–Kier alpha value is -5.24. The van der Waals surface area contributed by atoms with Crippen LogP contribution >= 0.6 is 31.3 Å². The van der Waals surface area contributed by atoms with E-state index in [0.29, 0.717) is 57.3 Å². The predicted octanol–water partition coefficient (Wildman–Crippen LogP) is 6.78. The van der Waals surface area contributed by atoms with Crippen molar-refractivity contribution in [1.29, 1.82) is 0 Å². The summed E-state index contributed by atoms with van der Waals surface area (Å²) in [5.74, 6) is 0.210. The lowest BCUT2D eigenvalue weighted by atomic mass is 10.0. The van der Waals surface area contributed by atoms with Crippen molar-refractivity contribution in [2.24, 2.45) is 0 Å². The van der Waals surface area contributed by atoms with Gasteiger partial charge in [-0.25, -0.2) is 4.98 Å². The first-order valence-electron chi connectivity index (χ1n) is 19.9. The first kappa shape index (κ1) is 42.9. The quantitative estimate of drug-likeness (QED) is 0.0497. The number of halogens is 1. The summed E-state index contributed by atoms with van der Waals surface area (Å²) in [6.07, 6.45) is 5.26. The third-order valence-corrected chi connectivity index (χ3v) is 13.8. The smallest absolute Gasteiger partial charge is 0.263 e. The second-order valence-corrected chi connectivity index (χ2v) is 18.9. The molecule has 2 fully saturated rings. The number of amides is 5. The minimum atomic E-state index is -1.00. The van der Waals surface area contributed by atoms with Gasteiger partial charge in [0.05, 0.1) is 30.1 Å². The highest BCUT2D eigenvalue weighted by atomic mass is 35.5. The van der Waals surface area contributed by atoms with Crippen LogP contribution in [0.4, 0.5) is 28.8 Å². The van der Waals surface area contributed by atoms with Gasteiger partial charge in [-0.3, -0.25) is 34.2 Å². The fraction of sp³-hybridized carbons (Fsp3) is 0.372. The monoisotopic (exact) mass is 870 g/mol. The van der Waals surface area contributed by atoms with E-state index in [1.807, 2.05) is 48.3 Å². The molecule has 60 heavy (non-hydrogen) atoms. The highest BCUT2D eigenvalue weighted by Gasteiger charge is 2.45. The molecule has 0 aliphatic carbocycles.